The third-order valence-corrected chi connectivity index (χ3v) is 5.90. The fourth-order valence-corrected chi connectivity index (χ4v) is 4.43. The molecule has 0 aliphatic rings. The van der Waals surface area contributed by atoms with Crippen LogP contribution in [0.4, 0.5) is 0 Å². The number of nitriles is 1. The zero-order valence-corrected chi connectivity index (χ0v) is 17.1. The monoisotopic (exact) mass is 414 g/mol. The second kappa shape index (κ2) is 7.25. The summed E-state index contributed by atoms with van der Waals surface area (Å²) in [6.07, 6.45) is 11.0. The Morgan fingerprint density at radius 2 is 1.62 bits per heavy atom. The normalized spacial score (nSPS) is 12.2. The van der Waals surface area contributed by atoms with E-state index in [1.807, 2.05) is 47.6 Å². The Labute approximate surface area is 184 Å². The van der Waals surface area contributed by atoms with E-state index in [-0.39, 0.29) is 6.04 Å². The number of hydrogen-bond acceptors (Lipinski definition) is 3. The summed E-state index contributed by atoms with van der Waals surface area (Å²) in [7, 11) is 0. The zero-order chi connectivity index (χ0) is 21.5. The fourth-order valence-electron chi connectivity index (χ4n) is 4.43. The van der Waals surface area contributed by atoms with Crippen molar-refractivity contribution in [2.75, 3.05) is 0 Å². The maximum atomic E-state index is 9.85. The van der Waals surface area contributed by atoms with Gasteiger partial charge < -0.3 is 13.5 Å². The number of rotatable bonds is 4. The van der Waals surface area contributed by atoms with E-state index in [0.29, 0.717) is 5.56 Å². The molecule has 6 rings (SSSR count). The van der Waals surface area contributed by atoms with E-state index in [1.165, 1.54) is 0 Å². The minimum Gasteiger partial charge on any atom is -0.324 e. The number of para-hydroxylation sites is 1. The summed E-state index contributed by atoms with van der Waals surface area (Å²) in [5, 5.41) is 11.0. The van der Waals surface area contributed by atoms with Crippen LogP contribution in [-0.2, 0) is 0 Å². The first kappa shape index (κ1) is 18.2. The molecule has 1 unspecified atom stereocenters. The van der Waals surface area contributed by atoms with E-state index in [9.17, 15) is 5.26 Å². The predicted molar refractivity (Wildman–Crippen MR) is 123 cm³/mol. The van der Waals surface area contributed by atoms with Crippen LogP contribution in [0, 0.1) is 11.3 Å². The van der Waals surface area contributed by atoms with Crippen LogP contribution in [0.5, 0.6) is 0 Å². The van der Waals surface area contributed by atoms with Gasteiger partial charge in [-0.3, -0.25) is 0 Å². The Hall–Kier alpha value is -4.63. The number of pyridine rings is 1. The van der Waals surface area contributed by atoms with E-state index in [0.717, 1.165) is 33.4 Å². The molecule has 6 nitrogen and oxygen atoms in total. The van der Waals surface area contributed by atoms with E-state index in [2.05, 4.69) is 67.5 Å². The lowest BCUT2D eigenvalue weighted by atomic mass is 10.0. The molecule has 0 saturated carbocycles. The molecule has 0 radical (unpaired) electrons. The van der Waals surface area contributed by atoms with Gasteiger partial charge in [-0.1, -0.05) is 36.4 Å². The van der Waals surface area contributed by atoms with Gasteiger partial charge in [0.25, 0.3) is 0 Å². The van der Waals surface area contributed by atoms with Gasteiger partial charge in [0.15, 0.2) is 0 Å². The standard InChI is InChI=1S/C26H18N6/c27-16-21-15-25(32-23-4-2-1-3-19(23)7-10-24(21)32)26(31-14-12-29-18-31)20-5-8-22(9-6-20)30-13-11-28-17-30/h1-15,17-18,26H. The highest BCUT2D eigenvalue weighted by atomic mass is 15.1. The first-order chi connectivity index (χ1) is 15.8. The molecule has 0 saturated heterocycles. The molecular formula is C26H18N6. The maximum Gasteiger partial charge on any atom is 0.101 e. The van der Waals surface area contributed by atoms with Gasteiger partial charge in [0.2, 0.25) is 0 Å². The Balaban J connectivity index is 1.61. The third-order valence-electron chi connectivity index (χ3n) is 5.90. The highest BCUT2D eigenvalue weighted by Gasteiger charge is 2.23. The average molecular weight is 414 g/mol. The van der Waals surface area contributed by atoms with E-state index < -0.39 is 0 Å². The van der Waals surface area contributed by atoms with E-state index in [4.69, 9.17) is 0 Å². The predicted octanol–water partition coefficient (Wildman–Crippen LogP) is 4.98. The number of aromatic nitrogens is 5. The Morgan fingerprint density at radius 1 is 0.812 bits per heavy atom. The molecule has 4 heterocycles. The smallest absolute Gasteiger partial charge is 0.101 e. The summed E-state index contributed by atoms with van der Waals surface area (Å²) in [5.41, 5.74) is 5.79. The van der Waals surface area contributed by atoms with Crippen LogP contribution in [0.2, 0.25) is 0 Å². The summed E-state index contributed by atoms with van der Waals surface area (Å²) in [6.45, 7) is 0. The highest BCUT2D eigenvalue weighted by molar-refractivity contribution is 5.85. The van der Waals surface area contributed by atoms with Gasteiger partial charge in [0, 0.05) is 30.5 Å². The molecule has 0 spiro atoms. The van der Waals surface area contributed by atoms with Crippen molar-refractivity contribution >= 4 is 16.4 Å². The van der Waals surface area contributed by atoms with Gasteiger partial charge in [0.05, 0.1) is 34.9 Å². The first-order valence-electron chi connectivity index (χ1n) is 10.3. The molecule has 1 atom stereocenters. The van der Waals surface area contributed by atoms with Crippen molar-refractivity contribution in [2.45, 2.75) is 6.04 Å². The number of benzene rings is 2. The van der Waals surface area contributed by atoms with E-state index in [1.54, 1.807) is 18.7 Å². The first-order valence-corrected chi connectivity index (χ1v) is 10.3. The minimum absolute atomic E-state index is 0.144. The number of imidazole rings is 2. The van der Waals surface area contributed by atoms with Crippen LogP contribution < -0.4 is 0 Å². The molecule has 6 heteroatoms. The van der Waals surface area contributed by atoms with Gasteiger partial charge >= 0.3 is 0 Å². The molecule has 0 bridgehead atoms. The Bertz CT molecular complexity index is 1570. The summed E-state index contributed by atoms with van der Waals surface area (Å²) in [4.78, 5) is 8.43. The van der Waals surface area contributed by atoms with Crippen LogP contribution in [0.15, 0.2) is 104 Å². The summed E-state index contributed by atoms with van der Waals surface area (Å²) in [6, 6.07) is 25.0. The quantitative estimate of drug-likeness (QED) is 0.408. The third kappa shape index (κ3) is 2.80. The van der Waals surface area contributed by atoms with Crippen LogP contribution in [0.1, 0.15) is 22.9 Å². The number of hydrogen-bond donors (Lipinski definition) is 0. The van der Waals surface area contributed by atoms with Crippen LogP contribution in [0.3, 0.4) is 0 Å². The van der Waals surface area contributed by atoms with Crippen LogP contribution in [-0.4, -0.2) is 23.5 Å². The molecule has 0 aliphatic heterocycles. The molecule has 4 aromatic heterocycles. The van der Waals surface area contributed by atoms with Gasteiger partial charge in [-0.2, -0.15) is 5.26 Å². The summed E-state index contributed by atoms with van der Waals surface area (Å²) < 4.78 is 6.25. The SMILES string of the molecule is N#Cc1cc(C(c2ccc(-n3ccnc3)cc2)n2ccnc2)n2c1ccc1ccccc12. The Kier molecular flexibility index (Phi) is 4.12. The van der Waals surface area contributed by atoms with Crippen molar-refractivity contribution < 1.29 is 0 Å². The zero-order valence-electron chi connectivity index (χ0n) is 17.1. The lowest BCUT2D eigenvalue weighted by molar-refractivity contribution is 0.655. The largest absolute Gasteiger partial charge is 0.324 e. The lowest BCUT2D eigenvalue weighted by Crippen LogP contribution is -2.13. The van der Waals surface area contributed by atoms with Crippen molar-refractivity contribution in [3.63, 3.8) is 0 Å². The molecule has 0 fully saturated rings. The topological polar surface area (TPSA) is 63.8 Å². The molecule has 0 aliphatic carbocycles. The van der Waals surface area contributed by atoms with Gasteiger partial charge in [-0.05, 0) is 41.3 Å². The Morgan fingerprint density at radius 3 is 2.38 bits per heavy atom. The molecule has 2 aromatic carbocycles. The molecule has 0 N–H and O–H groups in total. The molecule has 0 amide bonds. The average Bonchev–Trinajstić information content (AvgIpc) is 3.61. The maximum absolute atomic E-state index is 9.85. The van der Waals surface area contributed by atoms with Gasteiger partial charge in [-0.25, -0.2) is 9.97 Å². The van der Waals surface area contributed by atoms with Gasteiger partial charge in [0.1, 0.15) is 12.1 Å². The number of nitrogens with zero attached hydrogens (tertiary/aromatic N) is 6. The molecule has 6 aromatic rings. The van der Waals surface area contributed by atoms with Crippen molar-refractivity contribution in [3.05, 3.63) is 121 Å². The van der Waals surface area contributed by atoms with Crippen LogP contribution in [0.25, 0.3) is 22.1 Å². The highest BCUT2D eigenvalue weighted by Crippen LogP contribution is 2.33. The second-order valence-corrected chi connectivity index (χ2v) is 7.68. The number of fused-ring (bicyclic) bond motifs is 3. The molecule has 32 heavy (non-hydrogen) atoms. The van der Waals surface area contributed by atoms with E-state index >= 15 is 0 Å². The molecule has 152 valence electrons. The van der Waals surface area contributed by atoms with Crippen molar-refractivity contribution in [2.24, 2.45) is 0 Å². The lowest BCUT2D eigenvalue weighted by Gasteiger charge is -2.21. The van der Waals surface area contributed by atoms with Crippen molar-refractivity contribution in [1.29, 1.82) is 5.26 Å². The second-order valence-electron chi connectivity index (χ2n) is 7.68. The van der Waals surface area contributed by atoms with Crippen molar-refractivity contribution in [3.8, 4) is 11.8 Å². The minimum atomic E-state index is -0.144. The van der Waals surface area contributed by atoms with Gasteiger partial charge in [-0.15, -0.1) is 0 Å². The molecular weight excluding hydrogens is 396 g/mol. The van der Waals surface area contributed by atoms with Crippen LogP contribution >= 0.6 is 0 Å². The fraction of sp³-hybridized carbons (Fsp3) is 0.0385. The summed E-state index contributed by atoms with van der Waals surface area (Å²) in [5.74, 6) is 0. The van der Waals surface area contributed by atoms with Crippen molar-refractivity contribution in [1.82, 2.24) is 23.5 Å². The summed E-state index contributed by atoms with van der Waals surface area (Å²) >= 11 is 0.